The van der Waals surface area contributed by atoms with E-state index in [1.165, 1.54) is 0 Å². The maximum atomic E-state index is 12.2. The van der Waals surface area contributed by atoms with Gasteiger partial charge >= 0.3 is 0 Å². The number of hydrogen-bond donors (Lipinski definition) is 1. The standard InChI is InChI=1S/C19H22N4O2/c1-14(13-25-2)22-18(24)7-11-23-17(15-5-9-20-10-6-15)12-16-4-3-8-21-19(16)23/h3-6,8-10,12,14H,7,11,13H2,1-2H3,(H,22,24)/t14-/m0/s1. The number of rotatable bonds is 7. The van der Waals surface area contributed by atoms with E-state index in [0.29, 0.717) is 19.6 Å². The van der Waals surface area contributed by atoms with E-state index in [-0.39, 0.29) is 11.9 Å². The second-order valence-electron chi connectivity index (χ2n) is 6.01. The summed E-state index contributed by atoms with van der Waals surface area (Å²) in [7, 11) is 1.63. The van der Waals surface area contributed by atoms with Crippen LogP contribution in [0.4, 0.5) is 0 Å². The molecule has 0 bridgehead atoms. The number of methoxy groups -OCH3 is 1. The molecule has 3 aromatic rings. The zero-order valence-corrected chi connectivity index (χ0v) is 14.5. The van der Waals surface area contributed by atoms with Crippen molar-refractivity contribution in [2.75, 3.05) is 13.7 Å². The van der Waals surface area contributed by atoms with Crippen LogP contribution < -0.4 is 5.32 Å². The number of carbonyl (C=O) groups is 1. The second-order valence-corrected chi connectivity index (χ2v) is 6.01. The van der Waals surface area contributed by atoms with Crippen LogP contribution in [0, 0.1) is 0 Å². The highest BCUT2D eigenvalue weighted by atomic mass is 16.5. The molecular weight excluding hydrogens is 316 g/mol. The fourth-order valence-corrected chi connectivity index (χ4v) is 2.93. The molecular formula is C19H22N4O2. The van der Waals surface area contributed by atoms with E-state index in [1.54, 1.807) is 25.7 Å². The summed E-state index contributed by atoms with van der Waals surface area (Å²) in [6.07, 6.45) is 5.69. The largest absolute Gasteiger partial charge is 0.383 e. The molecule has 0 spiro atoms. The molecule has 3 heterocycles. The van der Waals surface area contributed by atoms with E-state index in [2.05, 4.69) is 25.9 Å². The van der Waals surface area contributed by atoms with Crippen LogP contribution in [0.1, 0.15) is 13.3 Å². The van der Waals surface area contributed by atoms with Crippen LogP contribution in [0.5, 0.6) is 0 Å². The van der Waals surface area contributed by atoms with Crippen molar-refractivity contribution in [3.8, 4) is 11.3 Å². The Hall–Kier alpha value is -2.73. The van der Waals surface area contributed by atoms with Crippen molar-refractivity contribution >= 4 is 16.9 Å². The summed E-state index contributed by atoms with van der Waals surface area (Å²) >= 11 is 0. The van der Waals surface area contributed by atoms with Gasteiger partial charge in [0, 0.05) is 55.7 Å². The van der Waals surface area contributed by atoms with Gasteiger partial charge in [0.05, 0.1) is 12.3 Å². The lowest BCUT2D eigenvalue weighted by Crippen LogP contribution is -2.36. The van der Waals surface area contributed by atoms with Gasteiger partial charge in [-0.3, -0.25) is 9.78 Å². The van der Waals surface area contributed by atoms with Crippen molar-refractivity contribution in [2.45, 2.75) is 25.9 Å². The van der Waals surface area contributed by atoms with Gasteiger partial charge in [0.15, 0.2) is 0 Å². The fraction of sp³-hybridized carbons (Fsp3) is 0.316. The van der Waals surface area contributed by atoms with Gasteiger partial charge in [-0.25, -0.2) is 4.98 Å². The van der Waals surface area contributed by atoms with E-state index in [9.17, 15) is 4.79 Å². The molecule has 0 saturated carbocycles. The van der Waals surface area contributed by atoms with Crippen LogP contribution in [-0.2, 0) is 16.1 Å². The van der Waals surface area contributed by atoms with Gasteiger partial charge in [-0.15, -0.1) is 0 Å². The minimum atomic E-state index is -0.00306. The van der Waals surface area contributed by atoms with Crippen molar-refractivity contribution < 1.29 is 9.53 Å². The summed E-state index contributed by atoms with van der Waals surface area (Å²) < 4.78 is 7.14. The topological polar surface area (TPSA) is 69.0 Å². The summed E-state index contributed by atoms with van der Waals surface area (Å²) in [4.78, 5) is 20.8. The van der Waals surface area contributed by atoms with E-state index in [4.69, 9.17) is 4.74 Å². The molecule has 0 aliphatic heterocycles. The van der Waals surface area contributed by atoms with Gasteiger partial charge in [-0.2, -0.15) is 0 Å². The number of fused-ring (bicyclic) bond motifs is 1. The van der Waals surface area contributed by atoms with Gasteiger partial charge in [0.2, 0.25) is 5.91 Å². The van der Waals surface area contributed by atoms with Gasteiger partial charge < -0.3 is 14.6 Å². The predicted molar refractivity (Wildman–Crippen MR) is 97.1 cm³/mol. The molecule has 6 nitrogen and oxygen atoms in total. The zero-order valence-electron chi connectivity index (χ0n) is 14.5. The van der Waals surface area contributed by atoms with Crippen molar-refractivity contribution in [2.24, 2.45) is 0 Å². The van der Waals surface area contributed by atoms with Crippen LogP contribution in [0.3, 0.4) is 0 Å². The molecule has 3 aromatic heterocycles. The highest BCUT2D eigenvalue weighted by molar-refractivity contribution is 5.84. The summed E-state index contributed by atoms with van der Waals surface area (Å²) in [6.45, 7) is 2.99. The number of ether oxygens (including phenoxy) is 1. The van der Waals surface area contributed by atoms with E-state index >= 15 is 0 Å². The van der Waals surface area contributed by atoms with Crippen molar-refractivity contribution in [3.63, 3.8) is 0 Å². The minimum absolute atomic E-state index is 0.00279. The van der Waals surface area contributed by atoms with E-state index in [0.717, 1.165) is 22.3 Å². The Kier molecular flexibility index (Phi) is 5.40. The lowest BCUT2D eigenvalue weighted by Gasteiger charge is -2.14. The molecule has 0 aromatic carbocycles. The number of nitrogens with zero attached hydrogens (tertiary/aromatic N) is 3. The molecule has 6 heteroatoms. The average Bonchev–Trinajstić information content (AvgIpc) is 2.99. The zero-order chi connectivity index (χ0) is 17.6. The van der Waals surface area contributed by atoms with Crippen molar-refractivity contribution in [1.82, 2.24) is 19.9 Å². The molecule has 3 rings (SSSR count). The number of amides is 1. The third kappa shape index (κ3) is 4.03. The molecule has 0 fully saturated rings. The molecule has 1 N–H and O–H groups in total. The first-order valence-corrected chi connectivity index (χ1v) is 8.32. The lowest BCUT2D eigenvalue weighted by atomic mass is 10.2. The summed E-state index contributed by atoms with van der Waals surface area (Å²) in [5, 5.41) is 4.00. The predicted octanol–water partition coefficient (Wildman–Crippen LogP) is 2.64. The van der Waals surface area contributed by atoms with Crippen LogP contribution in [-0.4, -0.2) is 40.2 Å². The van der Waals surface area contributed by atoms with Crippen LogP contribution >= 0.6 is 0 Å². The molecule has 0 unspecified atom stereocenters. The van der Waals surface area contributed by atoms with E-state index in [1.807, 2.05) is 31.2 Å². The Morgan fingerprint density at radius 1 is 1.28 bits per heavy atom. The molecule has 0 saturated heterocycles. The van der Waals surface area contributed by atoms with Crippen molar-refractivity contribution in [1.29, 1.82) is 0 Å². The Bertz CT molecular complexity index is 845. The Labute approximate surface area is 146 Å². The third-order valence-electron chi connectivity index (χ3n) is 4.02. The van der Waals surface area contributed by atoms with Crippen LogP contribution in [0.15, 0.2) is 48.9 Å². The monoisotopic (exact) mass is 338 g/mol. The summed E-state index contributed by atoms with van der Waals surface area (Å²) in [5.74, 6) is 0.00279. The first-order chi connectivity index (χ1) is 12.2. The van der Waals surface area contributed by atoms with Gasteiger partial charge in [-0.1, -0.05) is 0 Å². The number of carbonyl (C=O) groups excluding carboxylic acids is 1. The van der Waals surface area contributed by atoms with Crippen molar-refractivity contribution in [3.05, 3.63) is 48.9 Å². The molecule has 1 atom stereocenters. The maximum absolute atomic E-state index is 12.2. The minimum Gasteiger partial charge on any atom is -0.383 e. The molecule has 0 radical (unpaired) electrons. The number of pyridine rings is 2. The van der Waals surface area contributed by atoms with E-state index < -0.39 is 0 Å². The Morgan fingerprint density at radius 2 is 2.08 bits per heavy atom. The third-order valence-corrected chi connectivity index (χ3v) is 4.02. The number of aryl methyl sites for hydroxylation is 1. The molecule has 130 valence electrons. The molecule has 0 aliphatic carbocycles. The Balaban J connectivity index is 1.84. The fourth-order valence-electron chi connectivity index (χ4n) is 2.93. The lowest BCUT2D eigenvalue weighted by molar-refractivity contribution is -0.122. The highest BCUT2D eigenvalue weighted by Crippen LogP contribution is 2.27. The van der Waals surface area contributed by atoms with Crippen LogP contribution in [0.2, 0.25) is 0 Å². The number of hydrogen-bond acceptors (Lipinski definition) is 4. The van der Waals surface area contributed by atoms with Gasteiger partial charge in [0.1, 0.15) is 5.65 Å². The molecule has 1 amide bonds. The second kappa shape index (κ2) is 7.90. The number of aromatic nitrogens is 3. The quantitative estimate of drug-likeness (QED) is 0.719. The SMILES string of the molecule is COC[C@H](C)NC(=O)CCn1c(-c2ccncc2)cc2cccnc21. The first-order valence-electron chi connectivity index (χ1n) is 8.32. The Morgan fingerprint density at radius 3 is 2.84 bits per heavy atom. The highest BCUT2D eigenvalue weighted by Gasteiger charge is 2.13. The number of nitrogens with one attached hydrogen (secondary N) is 1. The normalized spacial score (nSPS) is 12.2. The van der Waals surface area contributed by atoms with Gasteiger partial charge in [-0.05, 0) is 37.3 Å². The first kappa shape index (κ1) is 17.1. The molecule has 25 heavy (non-hydrogen) atoms. The summed E-state index contributed by atoms with van der Waals surface area (Å²) in [5.41, 5.74) is 2.97. The summed E-state index contributed by atoms with van der Waals surface area (Å²) in [6, 6.07) is 9.98. The van der Waals surface area contributed by atoms with Gasteiger partial charge in [0.25, 0.3) is 0 Å². The van der Waals surface area contributed by atoms with Crippen LogP contribution in [0.25, 0.3) is 22.3 Å². The molecule has 0 aliphatic rings. The smallest absolute Gasteiger partial charge is 0.222 e. The maximum Gasteiger partial charge on any atom is 0.222 e. The average molecular weight is 338 g/mol.